The Morgan fingerprint density at radius 2 is 2.19 bits per heavy atom. The SMILES string of the molecule is O=C(O)c1nc(-c2cccs2)oc1-c1ccc(Br)cc1F. The van der Waals surface area contributed by atoms with Crippen LogP contribution in [0.25, 0.3) is 22.1 Å². The van der Waals surface area contributed by atoms with Gasteiger partial charge in [0.2, 0.25) is 5.89 Å². The minimum atomic E-state index is -1.26. The molecule has 21 heavy (non-hydrogen) atoms. The number of aromatic nitrogens is 1. The maximum atomic E-state index is 14.0. The van der Waals surface area contributed by atoms with E-state index in [0.717, 1.165) is 0 Å². The van der Waals surface area contributed by atoms with E-state index in [0.29, 0.717) is 9.35 Å². The highest BCUT2D eigenvalue weighted by molar-refractivity contribution is 9.10. The molecule has 1 N–H and O–H groups in total. The molecule has 0 atom stereocenters. The molecule has 0 saturated carbocycles. The van der Waals surface area contributed by atoms with Gasteiger partial charge in [0.1, 0.15) is 5.82 Å². The molecule has 0 amide bonds. The van der Waals surface area contributed by atoms with E-state index in [4.69, 9.17) is 4.42 Å². The topological polar surface area (TPSA) is 63.3 Å². The molecule has 2 heterocycles. The van der Waals surface area contributed by atoms with Crippen molar-refractivity contribution in [2.24, 2.45) is 0 Å². The maximum absolute atomic E-state index is 14.0. The standard InChI is InChI=1S/C14H7BrFNO3S/c15-7-3-4-8(9(16)6-7)12-11(14(18)19)17-13(20-12)10-2-1-5-21-10/h1-6H,(H,18,19). The Kier molecular flexibility index (Phi) is 3.60. The fourth-order valence-electron chi connectivity index (χ4n) is 1.83. The van der Waals surface area contributed by atoms with Gasteiger partial charge in [0.05, 0.1) is 10.4 Å². The van der Waals surface area contributed by atoms with Crippen LogP contribution in [0.1, 0.15) is 10.5 Å². The number of hydrogen-bond acceptors (Lipinski definition) is 4. The van der Waals surface area contributed by atoms with Crippen LogP contribution in [0.2, 0.25) is 0 Å². The Bertz CT molecular complexity index is 814. The number of thiophene rings is 1. The Balaban J connectivity index is 2.19. The molecule has 106 valence electrons. The summed E-state index contributed by atoms with van der Waals surface area (Å²) in [5.74, 6) is -1.77. The van der Waals surface area contributed by atoms with Crippen LogP contribution in [0, 0.1) is 5.82 Å². The van der Waals surface area contributed by atoms with Crippen LogP contribution < -0.4 is 0 Å². The molecule has 0 radical (unpaired) electrons. The average molecular weight is 368 g/mol. The van der Waals surface area contributed by atoms with Crippen LogP contribution in [0.15, 0.2) is 44.6 Å². The van der Waals surface area contributed by atoms with Gasteiger partial charge in [-0.25, -0.2) is 14.2 Å². The van der Waals surface area contributed by atoms with Crippen molar-refractivity contribution in [2.45, 2.75) is 0 Å². The summed E-state index contributed by atoms with van der Waals surface area (Å²) >= 11 is 4.51. The number of benzene rings is 1. The number of carboxylic acids is 1. The average Bonchev–Trinajstić information content (AvgIpc) is 3.07. The van der Waals surface area contributed by atoms with Gasteiger partial charge in [-0.05, 0) is 29.6 Å². The zero-order chi connectivity index (χ0) is 15.0. The molecule has 3 rings (SSSR count). The summed E-state index contributed by atoms with van der Waals surface area (Å²) in [4.78, 5) is 15.9. The fraction of sp³-hybridized carbons (Fsp3) is 0. The van der Waals surface area contributed by atoms with Gasteiger partial charge >= 0.3 is 5.97 Å². The summed E-state index contributed by atoms with van der Waals surface area (Å²) in [6, 6.07) is 7.85. The molecule has 0 unspecified atom stereocenters. The lowest BCUT2D eigenvalue weighted by atomic mass is 10.1. The van der Waals surface area contributed by atoms with Gasteiger partial charge in [0.25, 0.3) is 0 Å². The Labute approximate surface area is 131 Å². The van der Waals surface area contributed by atoms with E-state index in [1.165, 1.54) is 23.5 Å². The van der Waals surface area contributed by atoms with E-state index in [9.17, 15) is 14.3 Å². The highest BCUT2D eigenvalue weighted by atomic mass is 79.9. The molecule has 4 nitrogen and oxygen atoms in total. The van der Waals surface area contributed by atoms with Crippen molar-refractivity contribution in [1.82, 2.24) is 4.98 Å². The van der Waals surface area contributed by atoms with E-state index in [1.54, 1.807) is 18.2 Å². The second-order valence-electron chi connectivity index (χ2n) is 4.10. The molecule has 7 heteroatoms. The third kappa shape index (κ3) is 2.62. The van der Waals surface area contributed by atoms with Crippen LogP contribution in [-0.2, 0) is 0 Å². The Morgan fingerprint density at radius 3 is 2.81 bits per heavy atom. The van der Waals surface area contributed by atoms with Crippen LogP contribution in [0.3, 0.4) is 0 Å². The van der Waals surface area contributed by atoms with Crippen molar-refractivity contribution >= 4 is 33.2 Å². The van der Waals surface area contributed by atoms with Crippen molar-refractivity contribution in [3.05, 3.63) is 51.7 Å². The molecule has 0 aliphatic rings. The summed E-state index contributed by atoms with van der Waals surface area (Å²) in [6.07, 6.45) is 0. The second kappa shape index (κ2) is 5.42. The minimum Gasteiger partial charge on any atom is -0.476 e. The first kappa shape index (κ1) is 14.0. The largest absolute Gasteiger partial charge is 0.476 e. The van der Waals surface area contributed by atoms with Crippen molar-refractivity contribution in [3.8, 4) is 22.1 Å². The van der Waals surface area contributed by atoms with Crippen LogP contribution >= 0.6 is 27.3 Å². The third-order valence-corrected chi connectivity index (χ3v) is 4.09. The van der Waals surface area contributed by atoms with Gasteiger partial charge in [0, 0.05) is 4.47 Å². The first-order chi connectivity index (χ1) is 10.1. The maximum Gasteiger partial charge on any atom is 0.358 e. The van der Waals surface area contributed by atoms with E-state index in [1.807, 2.05) is 5.38 Å². The zero-order valence-electron chi connectivity index (χ0n) is 10.3. The molecule has 0 fully saturated rings. The summed E-state index contributed by atoms with van der Waals surface area (Å²) < 4.78 is 20.1. The summed E-state index contributed by atoms with van der Waals surface area (Å²) in [5.41, 5.74) is -0.245. The lowest BCUT2D eigenvalue weighted by Crippen LogP contribution is -1.99. The number of halogens is 2. The lowest BCUT2D eigenvalue weighted by Gasteiger charge is -2.00. The van der Waals surface area contributed by atoms with Gasteiger partial charge in [0.15, 0.2) is 11.5 Å². The molecule has 2 aromatic heterocycles. The van der Waals surface area contributed by atoms with Gasteiger partial charge in [-0.15, -0.1) is 11.3 Å². The van der Waals surface area contributed by atoms with Gasteiger partial charge in [-0.3, -0.25) is 0 Å². The first-order valence-corrected chi connectivity index (χ1v) is 7.47. The quantitative estimate of drug-likeness (QED) is 0.730. The number of carbonyl (C=O) groups is 1. The molecular formula is C14H7BrFNO3S. The summed E-state index contributed by atoms with van der Waals surface area (Å²) in [6.45, 7) is 0. The normalized spacial score (nSPS) is 10.8. The smallest absolute Gasteiger partial charge is 0.358 e. The molecule has 0 aliphatic carbocycles. The molecule has 0 spiro atoms. The second-order valence-corrected chi connectivity index (χ2v) is 5.97. The highest BCUT2D eigenvalue weighted by Crippen LogP contribution is 2.34. The Morgan fingerprint density at radius 1 is 1.38 bits per heavy atom. The van der Waals surface area contributed by atoms with Gasteiger partial charge in [-0.1, -0.05) is 22.0 Å². The highest BCUT2D eigenvalue weighted by Gasteiger charge is 2.24. The zero-order valence-corrected chi connectivity index (χ0v) is 12.7. The number of carboxylic acid groups (broad SMARTS) is 1. The van der Waals surface area contributed by atoms with E-state index >= 15 is 0 Å². The monoisotopic (exact) mass is 367 g/mol. The molecule has 1 aromatic carbocycles. The van der Waals surface area contributed by atoms with Gasteiger partial charge in [-0.2, -0.15) is 0 Å². The van der Waals surface area contributed by atoms with Crippen molar-refractivity contribution in [1.29, 1.82) is 0 Å². The summed E-state index contributed by atoms with van der Waals surface area (Å²) in [7, 11) is 0. The molecule has 0 bridgehead atoms. The fourth-order valence-corrected chi connectivity index (χ4v) is 2.81. The number of nitrogens with zero attached hydrogens (tertiary/aromatic N) is 1. The predicted octanol–water partition coefficient (Wildman–Crippen LogP) is 4.67. The van der Waals surface area contributed by atoms with Crippen molar-refractivity contribution in [3.63, 3.8) is 0 Å². The molecule has 0 saturated heterocycles. The molecule has 0 aliphatic heterocycles. The predicted molar refractivity (Wildman–Crippen MR) is 79.9 cm³/mol. The van der Waals surface area contributed by atoms with Crippen LogP contribution in [0.5, 0.6) is 0 Å². The lowest BCUT2D eigenvalue weighted by molar-refractivity contribution is 0.0691. The first-order valence-electron chi connectivity index (χ1n) is 5.79. The minimum absolute atomic E-state index is 0.0610. The van der Waals surface area contributed by atoms with Crippen LogP contribution in [-0.4, -0.2) is 16.1 Å². The third-order valence-electron chi connectivity index (χ3n) is 2.74. The number of rotatable bonds is 3. The Hall–Kier alpha value is -1.99. The van der Waals surface area contributed by atoms with E-state index in [2.05, 4.69) is 20.9 Å². The van der Waals surface area contributed by atoms with Crippen molar-refractivity contribution < 1.29 is 18.7 Å². The molecule has 3 aromatic rings. The number of hydrogen-bond donors (Lipinski definition) is 1. The van der Waals surface area contributed by atoms with Crippen molar-refractivity contribution in [2.75, 3.05) is 0 Å². The number of aromatic carboxylic acids is 1. The van der Waals surface area contributed by atoms with E-state index in [-0.39, 0.29) is 22.9 Å². The molecular weight excluding hydrogens is 361 g/mol. The van der Waals surface area contributed by atoms with Crippen LogP contribution in [0.4, 0.5) is 4.39 Å². The summed E-state index contributed by atoms with van der Waals surface area (Å²) in [5, 5.41) is 11.1. The van der Waals surface area contributed by atoms with Gasteiger partial charge < -0.3 is 9.52 Å². The number of oxazole rings is 1. The van der Waals surface area contributed by atoms with E-state index < -0.39 is 11.8 Å².